The second-order valence-electron chi connectivity index (χ2n) is 10.6. The minimum Gasteiger partial charge on any atom is -0.378 e. The first-order valence-electron chi connectivity index (χ1n) is 10.4. The summed E-state index contributed by atoms with van der Waals surface area (Å²) in [5.74, 6) is 3.80. The first kappa shape index (κ1) is 16.4. The summed E-state index contributed by atoms with van der Waals surface area (Å²) in [4.78, 5) is 0. The highest BCUT2D eigenvalue weighted by molar-refractivity contribution is 5.15. The highest BCUT2D eigenvalue weighted by Gasteiger charge is 2.66. The van der Waals surface area contributed by atoms with Gasteiger partial charge in [-0.2, -0.15) is 0 Å². The van der Waals surface area contributed by atoms with Crippen LogP contribution in [-0.4, -0.2) is 12.7 Å². The molecule has 1 nitrogen and oxygen atoms in total. The van der Waals surface area contributed by atoms with Crippen molar-refractivity contribution in [3.8, 4) is 0 Å². The van der Waals surface area contributed by atoms with E-state index in [1.54, 1.807) is 6.42 Å². The molecule has 4 saturated carbocycles. The lowest BCUT2D eigenvalue weighted by Gasteiger charge is -2.66. The molecule has 0 aromatic carbocycles. The van der Waals surface area contributed by atoms with Gasteiger partial charge in [0, 0.05) is 12.0 Å². The molecule has 7 atom stereocenters. The van der Waals surface area contributed by atoms with E-state index < -0.39 is 0 Å². The second-order valence-corrected chi connectivity index (χ2v) is 10.6. The fourth-order valence-electron chi connectivity index (χ4n) is 8.44. The lowest BCUT2D eigenvalue weighted by atomic mass is 9.40. The van der Waals surface area contributed by atoms with Crippen LogP contribution in [-0.2, 0) is 4.74 Å². The Hall–Kier alpha value is -0.0400. The first-order chi connectivity index (χ1) is 10.8. The van der Waals surface area contributed by atoms with E-state index in [0.29, 0.717) is 22.3 Å². The van der Waals surface area contributed by atoms with Gasteiger partial charge in [0.1, 0.15) is 0 Å². The van der Waals surface area contributed by atoms with Crippen molar-refractivity contribution in [3.63, 3.8) is 0 Å². The molecule has 0 N–H and O–H groups in total. The SMILES string of the molecule is CCOC1CCC(C)(C)[C@@H]2CC[C@]34C[C@H](CC[C@H]3[C@@]12C)[C@H](C)C4. The summed E-state index contributed by atoms with van der Waals surface area (Å²) >= 11 is 0. The minimum atomic E-state index is 0.422. The normalized spacial score (nSPS) is 54.4. The van der Waals surface area contributed by atoms with Crippen LogP contribution in [0.2, 0.25) is 0 Å². The summed E-state index contributed by atoms with van der Waals surface area (Å²) in [6, 6.07) is 0. The van der Waals surface area contributed by atoms with Gasteiger partial charge in [-0.15, -0.1) is 0 Å². The quantitative estimate of drug-likeness (QED) is 0.600. The molecule has 0 amide bonds. The van der Waals surface area contributed by atoms with Crippen molar-refractivity contribution in [3.05, 3.63) is 0 Å². The lowest BCUT2D eigenvalue weighted by Crippen LogP contribution is -2.61. The van der Waals surface area contributed by atoms with Crippen LogP contribution in [0.25, 0.3) is 0 Å². The zero-order chi connectivity index (χ0) is 16.5. The molecule has 4 rings (SSSR count). The predicted molar refractivity (Wildman–Crippen MR) is 96.3 cm³/mol. The molecule has 0 aliphatic heterocycles. The maximum Gasteiger partial charge on any atom is 0.0634 e. The molecule has 1 spiro atoms. The van der Waals surface area contributed by atoms with E-state index in [1.165, 1.54) is 44.9 Å². The average Bonchev–Trinajstić information content (AvgIpc) is 2.72. The van der Waals surface area contributed by atoms with Gasteiger partial charge in [-0.25, -0.2) is 0 Å². The highest BCUT2D eigenvalue weighted by Crippen LogP contribution is 2.72. The van der Waals surface area contributed by atoms with Gasteiger partial charge in [0.2, 0.25) is 0 Å². The molecule has 2 bridgehead atoms. The van der Waals surface area contributed by atoms with Crippen molar-refractivity contribution in [1.29, 1.82) is 0 Å². The highest BCUT2D eigenvalue weighted by atomic mass is 16.5. The van der Waals surface area contributed by atoms with Crippen LogP contribution in [0.15, 0.2) is 0 Å². The summed E-state index contributed by atoms with van der Waals surface area (Å²) in [5.41, 5.74) is 1.60. The molecule has 132 valence electrons. The molecule has 23 heavy (non-hydrogen) atoms. The molecule has 4 fully saturated rings. The summed E-state index contributed by atoms with van der Waals surface area (Å²) in [6.07, 6.45) is 12.2. The summed E-state index contributed by atoms with van der Waals surface area (Å²) in [6.45, 7) is 13.4. The summed E-state index contributed by atoms with van der Waals surface area (Å²) in [5, 5.41) is 0. The molecular weight excluding hydrogens is 280 g/mol. The fraction of sp³-hybridized carbons (Fsp3) is 1.00. The number of hydrogen-bond donors (Lipinski definition) is 0. The largest absolute Gasteiger partial charge is 0.378 e. The van der Waals surface area contributed by atoms with Crippen molar-refractivity contribution in [1.82, 2.24) is 0 Å². The number of rotatable bonds is 2. The Labute approximate surface area is 143 Å². The van der Waals surface area contributed by atoms with Crippen LogP contribution < -0.4 is 0 Å². The van der Waals surface area contributed by atoms with E-state index in [1.807, 2.05) is 0 Å². The van der Waals surface area contributed by atoms with Crippen LogP contribution >= 0.6 is 0 Å². The van der Waals surface area contributed by atoms with Crippen molar-refractivity contribution in [2.45, 2.75) is 92.1 Å². The minimum absolute atomic E-state index is 0.422. The van der Waals surface area contributed by atoms with Gasteiger partial charge >= 0.3 is 0 Å². The number of ether oxygens (including phenoxy) is 1. The standard InChI is InChI=1S/C22H38O/c1-6-23-19-10-11-20(3,4)17-9-12-22-13-15(2)16(14-22)7-8-18(22)21(17,19)5/h15-19H,6-14H2,1-5H3/t15-,16+,17+,18+,19?,21+,22+/m1/s1. The topological polar surface area (TPSA) is 9.23 Å². The van der Waals surface area contributed by atoms with Gasteiger partial charge in [-0.3, -0.25) is 0 Å². The third-order valence-electron chi connectivity index (χ3n) is 9.26. The van der Waals surface area contributed by atoms with Crippen LogP contribution in [0.5, 0.6) is 0 Å². The Morgan fingerprint density at radius 3 is 2.43 bits per heavy atom. The second kappa shape index (κ2) is 5.23. The molecule has 1 heteroatoms. The first-order valence-corrected chi connectivity index (χ1v) is 10.4. The van der Waals surface area contributed by atoms with Crippen molar-refractivity contribution in [2.24, 2.45) is 39.9 Å². The van der Waals surface area contributed by atoms with Gasteiger partial charge < -0.3 is 4.74 Å². The van der Waals surface area contributed by atoms with Crippen LogP contribution in [0.4, 0.5) is 0 Å². The molecule has 0 saturated heterocycles. The molecule has 4 aliphatic rings. The van der Waals surface area contributed by atoms with E-state index in [4.69, 9.17) is 4.74 Å². The zero-order valence-electron chi connectivity index (χ0n) is 16.2. The van der Waals surface area contributed by atoms with E-state index >= 15 is 0 Å². The van der Waals surface area contributed by atoms with E-state index in [-0.39, 0.29) is 0 Å². The summed E-state index contributed by atoms with van der Waals surface area (Å²) in [7, 11) is 0. The maximum atomic E-state index is 6.43. The van der Waals surface area contributed by atoms with E-state index in [2.05, 4.69) is 34.6 Å². The summed E-state index contributed by atoms with van der Waals surface area (Å²) < 4.78 is 6.43. The Kier molecular flexibility index (Phi) is 3.73. The Balaban J connectivity index is 1.75. The van der Waals surface area contributed by atoms with Gasteiger partial charge in [-0.05, 0) is 92.8 Å². The van der Waals surface area contributed by atoms with Crippen LogP contribution in [0, 0.1) is 39.9 Å². The Morgan fingerprint density at radius 1 is 0.913 bits per heavy atom. The van der Waals surface area contributed by atoms with Crippen LogP contribution in [0.1, 0.15) is 86.0 Å². The monoisotopic (exact) mass is 318 g/mol. The average molecular weight is 319 g/mol. The van der Waals surface area contributed by atoms with Gasteiger partial charge in [0.25, 0.3) is 0 Å². The Bertz CT molecular complexity index is 465. The number of fused-ring (bicyclic) bond motifs is 3. The van der Waals surface area contributed by atoms with E-state index in [9.17, 15) is 0 Å². The molecule has 0 aromatic rings. The van der Waals surface area contributed by atoms with Crippen molar-refractivity contribution in [2.75, 3.05) is 6.61 Å². The maximum absolute atomic E-state index is 6.43. The number of hydrogen-bond acceptors (Lipinski definition) is 1. The molecule has 0 heterocycles. The molecule has 1 unspecified atom stereocenters. The van der Waals surface area contributed by atoms with Crippen molar-refractivity contribution < 1.29 is 4.74 Å². The van der Waals surface area contributed by atoms with E-state index in [0.717, 1.165) is 30.3 Å². The third-order valence-corrected chi connectivity index (χ3v) is 9.26. The molecule has 0 aromatic heterocycles. The van der Waals surface area contributed by atoms with Crippen molar-refractivity contribution >= 4 is 0 Å². The van der Waals surface area contributed by atoms with Crippen LogP contribution in [0.3, 0.4) is 0 Å². The van der Waals surface area contributed by atoms with Gasteiger partial charge in [0.05, 0.1) is 6.10 Å². The lowest BCUT2D eigenvalue weighted by molar-refractivity contribution is -0.212. The fourth-order valence-corrected chi connectivity index (χ4v) is 8.44. The van der Waals surface area contributed by atoms with Gasteiger partial charge in [-0.1, -0.05) is 27.7 Å². The smallest absolute Gasteiger partial charge is 0.0634 e. The van der Waals surface area contributed by atoms with Gasteiger partial charge in [0.15, 0.2) is 0 Å². The molecule has 4 aliphatic carbocycles. The predicted octanol–water partition coefficient (Wildman–Crippen LogP) is 6.07. The molecule has 0 radical (unpaired) electrons. The third kappa shape index (κ3) is 2.14. The zero-order valence-corrected chi connectivity index (χ0v) is 16.2. The Morgan fingerprint density at radius 2 is 1.70 bits per heavy atom. The molecular formula is C22H38O.